The Hall–Kier alpha value is -2.02. The zero-order valence-electron chi connectivity index (χ0n) is 15.5. The number of rotatable bonds is 5. The predicted octanol–water partition coefficient (Wildman–Crippen LogP) is 4.50. The number of carbonyl (C=O) groups excluding carboxylic acids is 1. The molecule has 8 heteroatoms. The highest BCUT2D eigenvalue weighted by Gasteiger charge is 2.35. The lowest BCUT2D eigenvalue weighted by Gasteiger charge is -2.29. The summed E-state index contributed by atoms with van der Waals surface area (Å²) in [6, 6.07) is 12.2. The molecular formula is C21H19Cl2NO4S. The van der Waals surface area contributed by atoms with Crippen molar-refractivity contribution in [2.24, 2.45) is 0 Å². The molecule has 1 aromatic heterocycles. The zero-order valence-corrected chi connectivity index (χ0v) is 17.8. The second-order valence-electron chi connectivity index (χ2n) is 7.25. The summed E-state index contributed by atoms with van der Waals surface area (Å²) < 4.78 is 29.6. The lowest BCUT2D eigenvalue weighted by molar-refractivity contribution is -0.133. The summed E-state index contributed by atoms with van der Waals surface area (Å²) in [6.45, 7) is 0.259. The van der Waals surface area contributed by atoms with Crippen molar-refractivity contribution in [1.82, 2.24) is 4.90 Å². The normalized spacial score (nSPS) is 18.2. The highest BCUT2D eigenvalue weighted by Crippen LogP contribution is 2.28. The van der Waals surface area contributed by atoms with Crippen LogP contribution in [0.4, 0.5) is 0 Å². The van der Waals surface area contributed by atoms with Gasteiger partial charge in [-0.25, -0.2) is 8.42 Å². The van der Waals surface area contributed by atoms with Gasteiger partial charge in [0.15, 0.2) is 9.84 Å². The Labute approximate surface area is 179 Å². The van der Waals surface area contributed by atoms with Crippen molar-refractivity contribution >= 4 is 49.9 Å². The van der Waals surface area contributed by atoms with Crippen LogP contribution in [-0.4, -0.2) is 36.8 Å². The Morgan fingerprint density at radius 3 is 2.66 bits per heavy atom. The third-order valence-electron chi connectivity index (χ3n) is 5.23. The standard InChI is InChI=1S/C21H19Cl2NO4S/c22-16-5-6-20-18(10-16)15(12-28-20)9-21(25)24(17-7-8-29(26,27)13-17)11-14-3-1-2-4-19(14)23/h1-6,10,12,17H,7-9,11,13H2. The summed E-state index contributed by atoms with van der Waals surface area (Å²) in [5.41, 5.74) is 2.16. The number of carbonyl (C=O) groups is 1. The van der Waals surface area contributed by atoms with Gasteiger partial charge in [-0.05, 0) is 36.2 Å². The number of hydrogen-bond acceptors (Lipinski definition) is 4. The van der Waals surface area contributed by atoms with Crippen LogP contribution in [0.3, 0.4) is 0 Å². The van der Waals surface area contributed by atoms with Crippen LogP contribution in [0, 0.1) is 0 Å². The van der Waals surface area contributed by atoms with Gasteiger partial charge in [0, 0.05) is 33.6 Å². The van der Waals surface area contributed by atoms with Crippen LogP contribution in [-0.2, 0) is 27.6 Å². The highest BCUT2D eigenvalue weighted by atomic mass is 35.5. The van der Waals surface area contributed by atoms with E-state index in [1.165, 1.54) is 0 Å². The molecule has 0 spiro atoms. The minimum Gasteiger partial charge on any atom is -0.464 e. The highest BCUT2D eigenvalue weighted by molar-refractivity contribution is 7.91. The molecule has 0 saturated carbocycles. The average Bonchev–Trinajstić information content (AvgIpc) is 3.23. The predicted molar refractivity (Wildman–Crippen MR) is 114 cm³/mol. The van der Waals surface area contributed by atoms with Crippen molar-refractivity contribution in [1.29, 1.82) is 0 Å². The fourth-order valence-electron chi connectivity index (χ4n) is 3.71. The summed E-state index contributed by atoms with van der Waals surface area (Å²) in [6.07, 6.45) is 2.07. The van der Waals surface area contributed by atoms with Gasteiger partial charge in [-0.15, -0.1) is 0 Å². The Balaban J connectivity index is 1.63. The molecule has 3 aromatic rings. The SMILES string of the molecule is O=C(Cc1coc2ccc(Cl)cc12)N(Cc1ccccc1Cl)C1CCS(=O)(=O)C1. The topological polar surface area (TPSA) is 67.6 Å². The molecule has 2 heterocycles. The number of halogens is 2. The molecule has 1 atom stereocenters. The molecule has 152 valence electrons. The van der Waals surface area contributed by atoms with Gasteiger partial charge in [0.25, 0.3) is 0 Å². The van der Waals surface area contributed by atoms with E-state index in [0.717, 1.165) is 16.5 Å². The number of benzene rings is 2. The monoisotopic (exact) mass is 451 g/mol. The van der Waals surface area contributed by atoms with E-state index >= 15 is 0 Å². The van der Waals surface area contributed by atoms with E-state index < -0.39 is 9.84 Å². The zero-order chi connectivity index (χ0) is 20.6. The van der Waals surface area contributed by atoms with Gasteiger partial charge in [0.2, 0.25) is 5.91 Å². The fourth-order valence-corrected chi connectivity index (χ4v) is 5.81. The van der Waals surface area contributed by atoms with E-state index in [2.05, 4.69) is 0 Å². The largest absolute Gasteiger partial charge is 0.464 e. The first-order chi connectivity index (χ1) is 13.8. The van der Waals surface area contributed by atoms with E-state index in [4.69, 9.17) is 27.6 Å². The number of furan rings is 1. The summed E-state index contributed by atoms with van der Waals surface area (Å²) in [7, 11) is -3.14. The maximum absolute atomic E-state index is 13.3. The van der Waals surface area contributed by atoms with Crippen molar-refractivity contribution in [3.8, 4) is 0 Å². The summed E-state index contributed by atoms with van der Waals surface area (Å²) in [5.74, 6) is -0.107. The minimum atomic E-state index is -3.14. The van der Waals surface area contributed by atoms with Gasteiger partial charge in [-0.3, -0.25) is 4.79 Å². The van der Waals surface area contributed by atoms with Crippen LogP contribution in [0.5, 0.6) is 0 Å². The first-order valence-electron chi connectivity index (χ1n) is 9.21. The van der Waals surface area contributed by atoms with Crippen LogP contribution in [0.15, 0.2) is 53.1 Å². The molecule has 2 aromatic carbocycles. The molecule has 1 aliphatic rings. The number of fused-ring (bicyclic) bond motifs is 1. The maximum Gasteiger partial charge on any atom is 0.227 e. The molecule has 5 nitrogen and oxygen atoms in total. The molecule has 0 radical (unpaired) electrons. The molecule has 1 unspecified atom stereocenters. The molecule has 29 heavy (non-hydrogen) atoms. The van der Waals surface area contributed by atoms with E-state index in [1.807, 2.05) is 18.2 Å². The molecule has 0 bridgehead atoms. The molecule has 1 aliphatic heterocycles. The fraction of sp³-hybridized carbons (Fsp3) is 0.286. The Bertz CT molecular complexity index is 1170. The van der Waals surface area contributed by atoms with Crippen LogP contribution < -0.4 is 0 Å². The molecule has 1 saturated heterocycles. The molecule has 1 amide bonds. The van der Waals surface area contributed by atoms with Crippen molar-refractivity contribution in [2.75, 3.05) is 11.5 Å². The lowest BCUT2D eigenvalue weighted by atomic mass is 10.1. The Morgan fingerprint density at radius 1 is 1.14 bits per heavy atom. The first-order valence-corrected chi connectivity index (χ1v) is 11.8. The van der Waals surface area contributed by atoms with Crippen LogP contribution in [0.25, 0.3) is 11.0 Å². The second kappa shape index (κ2) is 8.01. The maximum atomic E-state index is 13.3. The molecular weight excluding hydrogens is 433 g/mol. The smallest absolute Gasteiger partial charge is 0.227 e. The van der Waals surface area contributed by atoms with E-state index in [9.17, 15) is 13.2 Å². The van der Waals surface area contributed by atoms with Crippen LogP contribution >= 0.6 is 23.2 Å². The second-order valence-corrected chi connectivity index (χ2v) is 10.3. The number of hydrogen-bond donors (Lipinski definition) is 0. The van der Waals surface area contributed by atoms with Gasteiger partial charge < -0.3 is 9.32 Å². The number of amides is 1. The number of nitrogens with zero attached hydrogens (tertiary/aromatic N) is 1. The van der Waals surface area contributed by atoms with Crippen LogP contribution in [0.1, 0.15) is 17.5 Å². The summed E-state index contributed by atoms with van der Waals surface area (Å²) in [4.78, 5) is 14.9. The van der Waals surface area contributed by atoms with Crippen molar-refractivity contribution < 1.29 is 17.6 Å². The third-order valence-corrected chi connectivity index (χ3v) is 7.58. The molecule has 0 N–H and O–H groups in total. The van der Waals surface area contributed by atoms with E-state index in [0.29, 0.717) is 22.0 Å². The van der Waals surface area contributed by atoms with Gasteiger partial charge in [-0.1, -0.05) is 41.4 Å². The molecule has 0 aliphatic carbocycles. The Morgan fingerprint density at radius 2 is 1.93 bits per heavy atom. The Kier molecular flexibility index (Phi) is 5.60. The summed E-state index contributed by atoms with van der Waals surface area (Å²) >= 11 is 12.4. The van der Waals surface area contributed by atoms with Crippen molar-refractivity contribution in [3.05, 3.63) is 69.9 Å². The van der Waals surface area contributed by atoms with E-state index in [-0.39, 0.29) is 36.4 Å². The van der Waals surface area contributed by atoms with Gasteiger partial charge in [0.1, 0.15) is 5.58 Å². The molecule has 1 fully saturated rings. The van der Waals surface area contributed by atoms with Crippen molar-refractivity contribution in [2.45, 2.75) is 25.4 Å². The minimum absolute atomic E-state index is 0.0266. The summed E-state index contributed by atoms with van der Waals surface area (Å²) in [5, 5.41) is 1.89. The quantitative estimate of drug-likeness (QED) is 0.572. The molecule has 4 rings (SSSR count). The average molecular weight is 452 g/mol. The third kappa shape index (κ3) is 4.44. The van der Waals surface area contributed by atoms with Gasteiger partial charge in [0.05, 0.1) is 24.2 Å². The lowest BCUT2D eigenvalue weighted by Crippen LogP contribution is -2.41. The van der Waals surface area contributed by atoms with Gasteiger partial charge >= 0.3 is 0 Å². The van der Waals surface area contributed by atoms with Crippen LogP contribution in [0.2, 0.25) is 10.0 Å². The number of sulfone groups is 1. The van der Waals surface area contributed by atoms with Crippen molar-refractivity contribution in [3.63, 3.8) is 0 Å². The first kappa shape index (κ1) is 20.3. The van der Waals surface area contributed by atoms with Gasteiger partial charge in [-0.2, -0.15) is 0 Å². The van der Waals surface area contributed by atoms with E-state index in [1.54, 1.807) is 35.4 Å².